The topological polar surface area (TPSA) is 32.3 Å². The summed E-state index contributed by atoms with van der Waals surface area (Å²) >= 11 is 0. The highest BCUT2D eigenvalue weighted by Crippen LogP contribution is 2.22. The first-order valence-corrected chi connectivity index (χ1v) is 7.24. The van der Waals surface area contributed by atoms with Crippen molar-refractivity contribution >= 4 is 6.03 Å². The molecule has 0 spiro atoms. The van der Waals surface area contributed by atoms with Gasteiger partial charge in [-0.15, -0.1) is 0 Å². The van der Waals surface area contributed by atoms with Crippen LogP contribution in [0.4, 0.5) is 4.79 Å². The third kappa shape index (κ3) is 3.36. The average molecular weight is 238 g/mol. The summed E-state index contributed by atoms with van der Waals surface area (Å²) in [6.07, 6.45) is 8.64. The minimum atomic E-state index is 0.177. The van der Waals surface area contributed by atoms with Gasteiger partial charge in [-0.3, -0.25) is 0 Å². The van der Waals surface area contributed by atoms with Crippen LogP contribution >= 0.6 is 0 Å². The first-order chi connectivity index (χ1) is 8.16. The van der Waals surface area contributed by atoms with Gasteiger partial charge in [0.15, 0.2) is 0 Å². The van der Waals surface area contributed by atoms with Crippen molar-refractivity contribution in [3.05, 3.63) is 0 Å². The molecule has 2 atom stereocenters. The maximum Gasteiger partial charge on any atom is 0.317 e. The molecule has 1 N–H and O–H groups in total. The van der Waals surface area contributed by atoms with Crippen LogP contribution < -0.4 is 5.32 Å². The fourth-order valence-electron chi connectivity index (χ4n) is 3.08. The van der Waals surface area contributed by atoms with Crippen molar-refractivity contribution in [2.24, 2.45) is 5.92 Å². The highest BCUT2D eigenvalue weighted by Gasteiger charge is 2.28. The zero-order valence-corrected chi connectivity index (χ0v) is 11.2. The van der Waals surface area contributed by atoms with Crippen molar-refractivity contribution in [1.82, 2.24) is 10.2 Å². The van der Waals surface area contributed by atoms with Gasteiger partial charge in [0.2, 0.25) is 0 Å². The molecule has 0 aromatic rings. The molecule has 2 rings (SSSR count). The van der Waals surface area contributed by atoms with Crippen molar-refractivity contribution < 1.29 is 4.79 Å². The summed E-state index contributed by atoms with van der Waals surface area (Å²) in [4.78, 5) is 14.3. The van der Waals surface area contributed by atoms with Gasteiger partial charge >= 0.3 is 6.03 Å². The number of likely N-dealkylation sites (tertiary alicyclic amines) is 1. The summed E-state index contributed by atoms with van der Waals surface area (Å²) in [5, 5.41) is 3.23. The Hall–Kier alpha value is -0.730. The normalized spacial score (nSPS) is 31.3. The maximum absolute atomic E-state index is 12.2. The number of hydrogen-bond acceptors (Lipinski definition) is 1. The van der Waals surface area contributed by atoms with Crippen molar-refractivity contribution in [2.45, 2.75) is 70.9 Å². The molecule has 3 heteroatoms. The summed E-state index contributed by atoms with van der Waals surface area (Å²) in [7, 11) is 0. The van der Waals surface area contributed by atoms with Gasteiger partial charge in [0, 0.05) is 18.6 Å². The van der Waals surface area contributed by atoms with Crippen molar-refractivity contribution in [3.63, 3.8) is 0 Å². The average Bonchev–Trinajstić information content (AvgIpc) is 2.33. The van der Waals surface area contributed by atoms with Crippen LogP contribution in [0.15, 0.2) is 0 Å². The second-order valence-corrected chi connectivity index (χ2v) is 5.97. The number of piperidine rings is 1. The second-order valence-electron chi connectivity index (χ2n) is 5.97. The standard InChI is InChI=1S/C14H26N2O/c1-11-8-9-12(2)16(10-11)14(17)15-13-6-4-3-5-7-13/h11-13H,3-10H2,1-2H3,(H,15,17). The Morgan fingerprint density at radius 3 is 2.47 bits per heavy atom. The zero-order chi connectivity index (χ0) is 12.3. The van der Waals surface area contributed by atoms with Crippen LogP contribution in [0.3, 0.4) is 0 Å². The second kappa shape index (κ2) is 5.74. The van der Waals surface area contributed by atoms with Crippen LogP contribution in [0.1, 0.15) is 58.8 Å². The number of nitrogens with one attached hydrogen (secondary N) is 1. The van der Waals surface area contributed by atoms with Crippen molar-refractivity contribution in [3.8, 4) is 0 Å². The Balaban J connectivity index is 1.85. The fourth-order valence-corrected chi connectivity index (χ4v) is 3.08. The molecule has 17 heavy (non-hydrogen) atoms. The maximum atomic E-state index is 12.2. The summed E-state index contributed by atoms with van der Waals surface area (Å²) in [6, 6.07) is 1.02. The molecule has 98 valence electrons. The first-order valence-electron chi connectivity index (χ1n) is 7.24. The van der Waals surface area contributed by atoms with Gasteiger partial charge in [-0.1, -0.05) is 26.2 Å². The van der Waals surface area contributed by atoms with Crippen molar-refractivity contribution in [1.29, 1.82) is 0 Å². The highest BCUT2D eigenvalue weighted by molar-refractivity contribution is 5.75. The minimum Gasteiger partial charge on any atom is -0.335 e. The van der Waals surface area contributed by atoms with E-state index in [4.69, 9.17) is 0 Å². The minimum absolute atomic E-state index is 0.177. The number of carbonyl (C=O) groups is 1. The van der Waals surface area contributed by atoms with E-state index in [0.29, 0.717) is 18.0 Å². The van der Waals surface area contributed by atoms with Crippen LogP contribution in [-0.2, 0) is 0 Å². The molecule has 1 saturated heterocycles. The predicted molar refractivity (Wildman–Crippen MR) is 70.0 cm³/mol. The van der Waals surface area contributed by atoms with Gasteiger partial charge < -0.3 is 10.2 Å². The lowest BCUT2D eigenvalue weighted by atomic mass is 9.94. The van der Waals surface area contributed by atoms with E-state index in [9.17, 15) is 4.79 Å². The molecule has 1 aliphatic heterocycles. The molecular formula is C14H26N2O. The van der Waals surface area contributed by atoms with E-state index in [-0.39, 0.29) is 6.03 Å². The van der Waals surface area contributed by atoms with Crippen LogP contribution in [0.5, 0.6) is 0 Å². The lowest BCUT2D eigenvalue weighted by Crippen LogP contribution is -2.52. The van der Waals surface area contributed by atoms with Gasteiger partial charge in [-0.25, -0.2) is 4.79 Å². The monoisotopic (exact) mass is 238 g/mol. The van der Waals surface area contributed by atoms with Gasteiger partial charge in [-0.05, 0) is 38.5 Å². The predicted octanol–water partition coefficient (Wildman–Crippen LogP) is 3.15. The first kappa shape index (κ1) is 12.7. The van der Waals surface area contributed by atoms with Crippen LogP contribution in [0.25, 0.3) is 0 Å². The van der Waals surface area contributed by atoms with E-state index >= 15 is 0 Å². The molecule has 3 nitrogen and oxygen atoms in total. The summed E-state index contributed by atoms with van der Waals surface area (Å²) in [6.45, 7) is 5.35. The van der Waals surface area contributed by atoms with Gasteiger partial charge in [-0.2, -0.15) is 0 Å². The van der Waals surface area contributed by atoms with Gasteiger partial charge in [0.25, 0.3) is 0 Å². The molecule has 0 radical (unpaired) electrons. The number of carbonyl (C=O) groups excluding carboxylic acids is 1. The van der Waals surface area contributed by atoms with E-state index in [2.05, 4.69) is 19.2 Å². The molecular weight excluding hydrogens is 212 g/mol. The van der Waals surface area contributed by atoms with Crippen molar-refractivity contribution in [2.75, 3.05) is 6.54 Å². The molecule has 1 heterocycles. The number of urea groups is 1. The number of rotatable bonds is 1. The number of amides is 2. The number of hydrogen-bond donors (Lipinski definition) is 1. The van der Waals surface area contributed by atoms with E-state index in [1.807, 2.05) is 4.90 Å². The van der Waals surface area contributed by atoms with Crippen LogP contribution in [0.2, 0.25) is 0 Å². The molecule has 0 aromatic heterocycles. The molecule has 0 bridgehead atoms. The Kier molecular flexibility index (Phi) is 4.30. The summed E-state index contributed by atoms with van der Waals surface area (Å²) in [5.41, 5.74) is 0. The molecule has 1 aliphatic carbocycles. The van der Waals surface area contributed by atoms with Crippen LogP contribution in [0, 0.1) is 5.92 Å². The largest absolute Gasteiger partial charge is 0.335 e. The highest BCUT2D eigenvalue weighted by atomic mass is 16.2. The van der Waals surface area contributed by atoms with Crippen LogP contribution in [-0.4, -0.2) is 29.6 Å². The lowest BCUT2D eigenvalue weighted by molar-refractivity contribution is 0.132. The molecule has 1 saturated carbocycles. The third-order valence-electron chi connectivity index (χ3n) is 4.31. The molecule has 2 amide bonds. The fraction of sp³-hybridized carbons (Fsp3) is 0.929. The molecule has 2 aliphatic rings. The van der Waals surface area contributed by atoms with E-state index in [1.54, 1.807) is 0 Å². The summed E-state index contributed by atoms with van der Waals surface area (Å²) in [5.74, 6) is 0.656. The zero-order valence-electron chi connectivity index (χ0n) is 11.2. The number of nitrogens with zero attached hydrogens (tertiary/aromatic N) is 1. The van der Waals surface area contributed by atoms with Gasteiger partial charge in [0.1, 0.15) is 0 Å². The van der Waals surface area contributed by atoms with E-state index in [1.165, 1.54) is 38.5 Å². The Morgan fingerprint density at radius 2 is 1.76 bits per heavy atom. The lowest BCUT2D eigenvalue weighted by Gasteiger charge is -2.38. The van der Waals surface area contributed by atoms with E-state index in [0.717, 1.165) is 13.0 Å². The van der Waals surface area contributed by atoms with Gasteiger partial charge in [0.05, 0.1) is 0 Å². The SMILES string of the molecule is CC1CCC(C)N(C(=O)NC2CCCCC2)C1. The molecule has 2 fully saturated rings. The molecule has 2 unspecified atom stereocenters. The Bertz CT molecular complexity index is 261. The van der Waals surface area contributed by atoms with E-state index < -0.39 is 0 Å². The Labute approximate surface area is 105 Å². The summed E-state index contributed by atoms with van der Waals surface area (Å²) < 4.78 is 0. The molecule has 0 aromatic carbocycles. The Morgan fingerprint density at radius 1 is 1.06 bits per heavy atom. The quantitative estimate of drug-likeness (QED) is 0.748. The third-order valence-corrected chi connectivity index (χ3v) is 4.31. The smallest absolute Gasteiger partial charge is 0.317 e.